The quantitative estimate of drug-likeness (QED) is 0.650. The van der Waals surface area contributed by atoms with Crippen LogP contribution in [0.5, 0.6) is 0 Å². The number of amides is 1. The van der Waals surface area contributed by atoms with E-state index in [0.29, 0.717) is 13.1 Å². The summed E-state index contributed by atoms with van der Waals surface area (Å²) in [5, 5.41) is 2.26. The molecular formula is C25H29N5O. The summed E-state index contributed by atoms with van der Waals surface area (Å²) in [5.74, 6) is 1.94. The van der Waals surface area contributed by atoms with Crippen molar-refractivity contribution in [1.82, 2.24) is 14.9 Å². The molecule has 2 fully saturated rings. The maximum absolute atomic E-state index is 13.1. The SMILES string of the molecule is Cc1cc(N2CCN(C(=O)c3ccc4ccccc4c3)CC2)nc(N2CCCCC2)n1. The van der Waals surface area contributed by atoms with Gasteiger partial charge in [0.1, 0.15) is 5.82 Å². The topological polar surface area (TPSA) is 52.6 Å². The summed E-state index contributed by atoms with van der Waals surface area (Å²) in [7, 11) is 0. The van der Waals surface area contributed by atoms with E-state index in [9.17, 15) is 4.79 Å². The standard InChI is InChI=1S/C25H29N5O/c1-19-17-23(27-25(26-19)30-11-5-2-6-12-30)28-13-15-29(16-14-28)24(31)22-10-9-20-7-3-4-8-21(20)18-22/h3-4,7-10,17-18H,2,5-6,11-16H2,1H3. The second kappa shape index (κ2) is 8.53. The van der Waals surface area contributed by atoms with Crippen molar-refractivity contribution < 1.29 is 4.79 Å². The molecular weight excluding hydrogens is 386 g/mol. The van der Waals surface area contributed by atoms with Crippen molar-refractivity contribution >= 4 is 28.4 Å². The van der Waals surface area contributed by atoms with Gasteiger partial charge in [-0.2, -0.15) is 4.98 Å². The van der Waals surface area contributed by atoms with Crippen LogP contribution in [-0.4, -0.2) is 60.0 Å². The lowest BCUT2D eigenvalue weighted by Gasteiger charge is -2.36. The number of aromatic nitrogens is 2. The van der Waals surface area contributed by atoms with E-state index < -0.39 is 0 Å². The van der Waals surface area contributed by atoms with Crippen molar-refractivity contribution in [3.05, 3.63) is 59.8 Å². The summed E-state index contributed by atoms with van der Waals surface area (Å²) in [6, 6.07) is 16.2. The summed E-state index contributed by atoms with van der Waals surface area (Å²) in [6.07, 6.45) is 3.72. The van der Waals surface area contributed by atoms with E-state index in [-0.39, 0.29) is 5.91 Å². The Labute approximate surface area is 183 Å². The van der Waals surface area contributed by atoms with Crippen molar-refractivity contribution in [3.63, 3.8) is 0 Å². The molecule has 0 radical (unpaired) electrons. The smallest absolute Gasteiger partial charge is 0.253 e. The van der Waals surface area contributed by atoms with Gasteiger partial charge in [-0.05, 0) is 49.1 Å². The van der Waals surface area contributed by atoms with Crippen LogP contribution in [0.25, 0.3) is 10.8 Å². The summed E-state index contributed by atoms with van der Waals surface area (Å²) < 4.78 is 0. The first kappa shape index (κ1) is 19.8. The number of rotatable bonds is 3. The highest BCUT2D eigenvalue weighted by Gasteiger charge is 2.24. The number of hydrogen-bond donors (Lipinski definition) is 0. The molecule has 0 N–H and O–H groups in total. The molecule has 0 spiro atoms. The van der Waals surface area contributed by atoms with E-state index in [1.165, 1.54) is 19.3 Å². The summed E-state index contributed by atoms with van der Waals surface area (Å²) >= 11 is 0. The Morgan fingerprint density at radius 3 is 2.29 bits per heavy atom. The van der Waals surface area contributed by atoms with Gasteiger partial charge in [0.25, 0.3) is 5.91 Å². The molecule has 1 amide bonds. The van der Waals surface area contributed by atoms with Gasteiger partial charge in [0, 0.05) is 56.6 Å². The Balaban J connectivity index is 1.27. The zero-order chi connectivity index (χ0) is 21.2. The van der Waals surface area contributed by atoms with Crippen LogP contribution in [0.3, 0.4) is 0 Å². The Hall–Kier alpha value is -3.15. The van der Waals surface area contributed by atoms with Gasteiger partial charge in [-0.15, -0.1) is 0 Å². The van der Waals surface area contributed by atoms with Crippen LogP contribution >= 0.6 is 0 Å². The molecule has 5 rings (SSSR count). The van der Waals surface area contributed by atoms with Gasteiger partial charge in [-0.25, -0.2) is 4.98 Å². The van der Waals surface area contributed by atoms with E-state index in [4.69, 9.17) is 4.98 Å². The lowest BCUT2D eigenvalue weighted by Crippen LogP contribution is -2.49. The number of carbonyl (C=O) groups excluding carboxylic acids is 1. The van der Waals surface area contributed by atoms with Gasteiger partial charge in [0.15, 0.2) is 0 Å². The predicted octanol–water partition coefficient (Wildman–Crippen LogP) is 3.89. The number of piperidine rings is 1. The van der Waals surface area contributed by atoms with Crippen LogP contribution < -0.4 is 9.80 Å². The number of aryl methyl sites for hydroxylation is 1. The largest absolute Gasteiger partial charge is 0.353 e. The molecule has 0 saturated carbocycles. The van der Waals surface area contributed by atoms with Crippen LogP contribution in [0.15, 0.2) is 48.5 Å². The van der Waals surface area contributed by atoms with E-state index >= 15 is 0 Å². The molecule has 0 bridgehead atoms. The molecule has 160 valence electrons. The summed E-state index contributed by atoms with van der Waals surface area (Å²) in [6.45, 7) is 7.10. The molecule has 0 atom stereocenters. The van der Waals surface area contributed by atoms with Gasteiger partial charge >= 0.3 is 0 Å². The van der Waals surface area contributed by atoms with Crippen molar-refractivity contribution in [1.29, 1.82) is 0 Å². The Kier molecular flexibility index (Phi) is 5.45. The first-order valence-corrected chi connectivity index (χ1v) is 11.3. The lowest BCUT2D eigenvalue weighted by atomic mass is 10.1. The maximum Gasteiger partial charge on any atom is 0.253 e. The minimum Gasteiger partial charge on any atom is -0.353 e. The molecule has 0 unspecified atom stereocenters. The number of carbonyl (C=O) groups is 1. The van der Waals surface area contributed by atoms with E-state index in [1.54, 1.807) is 0 Å². The summed E-state index contributed by atoms with van der Waals surface area (Å²) in [4.78, 5) is 29.2. The van der Waals surface area contributed by atoms with Crippen LogP contribution in [0.2, 0.25) is 0 Å². The molecule has 0 aliphatic carbocycles. The monoisotopic (exact) mass is 415 g/mol. The Morgan fingerprint density at radius 1 is 0.774 bits per heavy atom. The predicted molar refractivity (Wildman–Crippen MR) is 125 cm³/mol. The van der Waals surface area contributed by atoms with Crippen molar-refractivity contribution in [2.45, 2.75) is 26.2 Å². The highest BCUT2D eigenvalue weighted by Crippen LogP contribution is 2.23. The molecule has 3 aromatic rings. The molecule has 1 aromatic heterocycles. The number of benzene rings is 2. The van der Waals surface area contributed by atoms with Crippen molar-refractivity contribution in [2.75, 3.05) is 49.1 Å². The van der Waals surface area contributed by atoms with E-state index in [2.05, 4.69) is 33.0 Å². The first-order valence-electron chi connectivity index (χ1n) is 11.3. The second-order valence-corrected chi connectivity index (χ2v) is 8.56. The molecule has 2 aromatic carbocycles. The third-order valence-corrected chi connectivity index (χ3v) is 6.36. The average Bonchev–Trinajstić information content (AvgIpc) is 2.83. The lowest BCUT2D eigenvalue weighted by molar-refractivity contribution is 0.0746. The highest BCUT2D eigenvalue weighted by molar-refractivity contribution is 5.98. The number of anilines is 2. The van der Waals surface area contributed by atoms with Gasteiger partial charge in [-0.1, -0.05) is 30.3 Å². The van der Waals surface area contributed by atoms with Gasteiger partial charge in [0.2, 0.25) is 5.95 Å². The van der Waals surface area contributed by atoms with Crippen molar-refractivity contribution in [3.8, 4) is 0 Å². The Morgan fingerprint density at radius 2 is 1.52 bits per heavy atom. The molecule has 2 aliphatic rings. The Bertz CT molecular complexity index is 1080. The number of piperazine rings is 1. The number of nitrogens with zero attached hydrogens (tertiary/aromatic N) is 5. The van der Waals surface area contributed by atoms with Crippen molar-refractivity contribution in [2.24, 2.45) is 0 Å². The maximum atomic E-state index is 13.1. The zero-order valence-corrected chi connectivity index (χ0v) is 18.1. The normalized spacial score (nSPS) is 17.3. The van der Waals surface area contributed by atoms with Gasteiger partial charge in [-0.3, -0.25) is 4.79 Å². The minimum absolute atomic E-state index is 0.110. The molecule has 3 heterocycles. The van der Waals surface area contributed by atoms with Crippen LogP contribution in [-0.2, 0) is 0 Å². The van der Waals surface area contributed by atoms with Crippen LogP contribution in [0.4, 0.5) is 11.8 Å². The third-order valence-electron chi connectivity index (χ3n) is 6.36. The molecule has 31 heavy (non-hydrogen) atoms. The molecule has 2 aliphatic heterocycles. The zero-order valence-electron chi connectivity index (χ0n) is 18.1. The fourth-order valence-corrected chi connectivity index (χ4v) is 4.58. The molecule has 6 nitrogen and oxygen atoms in total. The molecule has 6 heteroatoms. The third kappa shape index (κ3) is 4.20. The minimum atomic E-state index is 0.110. The fraction of sp³-hybridized carbons (Fsp3) is 0.400. The van der Waals surface area contributed by atoms with E-state index in [0.717, 1.165) is 60.0 Å². The van der Waals surface area contributed by atoms with Gasteiger partial charge in [0.05, 0.1) is 0 Å². The average molecular weight is 416 g/mol. The van der Waals surface area contributed by atoms with Gasteiger partial charge < -0.3 is 14.7 Å². The molecule has 2 saturated heterocycles. The number of fused-ring (bicyclic) bond motifs is 1. The fourth-order valence-electron chi connectivity index (χ4n) is 4.58. The first-order chi connectivity index (χ1) is 15.2. The second-order valence-electron chi connectivity index (χ2n) is 8.56. The number of hydrogen-bond acceptors (Lipinski definition) is 5. The van der Waals surface area contributed by atoms with Crippen LogP contribution in [0.1, 0.15) is 35.3 Å². The van der Waals surface area contributed by atoms with Crippen LogP contribution in [0, 0.1) is 6.92 Å². The van der Waals surface area contributed by atoms with E-state index in [1.807, 2.05) is 42.2 Å². The highest BCUT2D eigenvalue weighted by atomic mass is 16.2. The summed E-state index contributed by atoms with van der Waals surface area (Å²) in [5.41, 5.74) is 1.76.